The lowest BCUT2D eigenvalue weighted by atomic mass is 10.1. The van der Waals surface area contributed by atoms with Crippen molar-refractivity contribution in [1.29, 1.82) is 0 Å². The van der Waals surface area contributed by atoms with Crippen molar-refractivity contribution in [3.05, 3.63) is 53.6 Å². The maximum atomic E-state index is 12.2. The summed E-state index contributed by atoms with van der Waals surface area (Å²) in [5.74, 6) is -0.630. The highest BCUT2D eigenvalue weighted by Gasteiger charge is 2.13. The van der Waals surface area contributed by atoms with Gasteiger partial charge in [-0.15, -0.1) is 0 Å². The van der Waals surface area contributed by atoms with Crippen molar-refractivity contribution in [3.8, 4) is 11.5 Å². The number of para-hydroxylation sites is 1. The molecule has 0 amide bonds. The third kappa shape index (κ3) is 2.91. The molecule has 0 saturated heterocycles. The summed E-state index contributed by atoms with van der Waals surface area (Å²) >= 11 is 0. The van der Waals surface area contributed by atoms with Crippen molar-refractivity contribution >= 4 is 11.5 Å². The number of aryl methyl sites for hydroxylation is 1. The van der Waals surface area contributed by atoms with E-state index in [1.165, 1.54) is 18.2 Å². The molecule has 0 aliphatic rings. The number of carbonyl (C=O) groups excluding carboxylic acids is 1. The summed E-state index contributed by atoms with van der Waals surface area (Å²) in [6.07, 6.45) is 0. The average Bonchev–Trinajstić information content (AvgIpc) is 2.42. The molecule has 0 aromatic heterocycles. The predicted octanol–water partition coefficient (Wildman–Crippen LogP) is 2.73. The molecule has 0 aliphatic heterocycles. The van der Waals surface area contributed by atoms with E-state index < -0.39 is 0 Å². The molecular formula is C16H17NO3. The molecule has 2 aromatic rings. The summed E-state index contributed by atoms with van der Waals surface area (Å²) in [4.78, 5) is 14.0. The third-order valence-electron chi connectivity index (χ3n) is 3.20. The molecule has 0 atom stereocenters. The van der Waals surface area contributed by atoms with Crippen molar-refractivity contribution in [2.24, 2.45) is 0 Å². The molecule has 0 bridgehead atoms. The lowest BCUT2D eigenvalue weighted by Crippen LogP contribution is -2.26. The van der Waals surface area contributed by atoms with Gasteiger partial charge in [0.25, 0.3) is 0 Å². The summed E-state index contributed by atoms with van der Waals surface area (Å²) in [6, 6.07) is 11.9. The molecule has 104 valence electrons. The minimum absolute atomic E-state index is 0.119. The van der Waals surface area contributed by atoms with Crippen molar-refractivity contribution in [2.45, 2.75) is 6.92 Å². The van der Waals surface area contributed by atoms with E-state index in [4.69, 9.17) is 0 Å². The van der Waals surface area contributed by atoms with Crippen molar-refractivity contribution in [3.63, 3.8) is 0 Å². The molecule has 4 heteroatoms. The number of nitrogens with zero attached hydrogens (tertiary/aromatic N) is 1. The van der Waals surface area contributed by atoms with Gasteiger partial charge in [-0.05, 0) is 36.8 Å². The van der Waals surface area contributed by atoms with Crippen LogP contribution < -0.4 is 4.90 Å². The second-order valence-electron chi connectivity index (χ2n) is 4.77. The van der Waals surface area contributed by atoms with Gasteiger partial charge in [-0.3, -0.25) is 4.79 Å². The van der Waals surface area contributed by atoms with E-state index in [1.807, 2.05) is 43.1 Å². The monoisotopic (exact) mass is 271 g/mol. The Bertz CT molecular complexity index is 637. The fourth-order valence-electron chi connectivity index (χ4n) is 2.08. The summed E-state index contributed by atoms with van der Waals surface area (Å²) < 4.78 is 0. The zero-order valence-corrected chi connectivity index (χ0v) is 11.5. The molecule has 0 radical (unpaired) electrons. The zero-order valence-electron chi connectivity index (χ0n) is 11.5. The minimum atomic E-state index is -0.283. The molecule has 2 aromatic carbocycles. The molecule has 2 rings (SSSR count). The summed E-state index contributed by atoms with van der Waals surface area (Å²) in [7, 11) is 1.85. The topological polar surface area (TPSA) is 60.8 Å². The highest BCUT2D eigenvalue weighted by atomic mass is 16.3. The molecule has 2 N–H and O–H groups in total. The number of anilines is 1. The van der Waals surface area contributed by atoms with E-state index in [0.717, 1.165) is 11.3 Å². The molecular weight excluding hydrogens is 254 g/mol. The first-order chi connectivity index (χ1) is 9.49. The highest BCUT2D eigenvalue weighted by Crippen LogP contribution is 2.25. The average molecular weight is 271 g/mol. The Morgan fingerprint density at radius 2 is 1.80 bits per heavy atom. The fourth-order valence-corrected chi connectivity index (χ4v) is 2.08. The number of likely N-dealkylation sites (N-methyl/N-ethyl adjacent to an activating group) is 1. The molecule has 0 fully saturated rings. The first-order valence-electron chi connectivity index (χ1n) is 6.31. The summed E-state index contributed by atoms with van der Waals surface area (Å²) in [5.41, 5.74) is 2.46. The number of carbonyl (C=O) groups is 1. The van der Waals surface area contributed by atoms with Crippen LogP contribution in [-0.2, 0) is 0 Å². The van der Waals surface area contributed by atoms with Crippen molar-refractivity contribution < 1.29 is 15.0 Å². The fraction of sp³-hybridized carbons (Fsp3) is 0.188. The van der Waals surface area contributed by atoms with Gasteiger partial charge in [0.15, 0.2) is 17.3 Å². The van der Waals surface area contributed by atoms with Gasteiger partial charge in [-0.25, -0.2) is 0 Å². The van der Waals surface area contributed by atoms with E-state index in [0.29, 0.717) is 5.56 Å². The molecule has 0 heterocycles. The Labute approximate surface area is 117 Å². The summed E-state index contributed by atoms with van der Waals surface area (Å²) in [6.45, 7) is 2.19. The van der Waals surface area contributed by atoms with Crippen LogP contribution in [0.5, 0.6) is 11.5 Å². The van der Waals surface area contributed by atoms with Crippen molar-refractivity contribution in [1.82, 2.24) is 0 Å². The van der Waals surface area contributed by atoms with Gasteiger partial charge in [0.1, 0.15) is 0 Å². The lowest BCUT2D eigenvalue weighted by molar-refractivity contribution is 0.1000. The standard InChI is InChI=1S/C16H17NO3/c1-11-5-3-4-6-13(11)17(2)10-16(20)12-7-8-14(18)15(19)9-12/h3-9,18-19H,10H2,1-2H3. The van der Waals surface area contributed by atoms with Crippen molar-refractivity contribution in [2.75, 3.05) is 18.5 Å². The smallest absolute Gasteiger partial charge is 0.182 e. The van der Waals surface area contributed by atoms with Gasteiger partial charge in [0.05, 0.1) is 6.54 Å². The van der Waals surface area contributed by atoms with E-state index >= 15 is 0 Å². The quantitative estimate of drug-likeness (QED) is 0.663. The lowest BCUT2D eigenvalue weighted by Gasteiger charge is -2.20. The van der Waals surface area contributed by atoms with Crippen LogP contribution in [0.15, 0.2) is 42.5 Å². The number of hydrogen-bond acceptors (Lipinski definition) is 4. The van der Waals surface area contributed by atoms with Crippen LogP contribution in [0.4, 0.5) is 5.69 Å². The number of benzene rings is 2. The number of aromatic hydroxyl groups is 2. The number of hydrogen-bond donors (Lipinski definition) is 2. The van der Waals surface area contributed by atoms with Gasteiger partial charge in [-0.2, -0.15) is 0 Å². The first-order valence-corrected chi connectivity index (χ1v) is 6.31. The third-order valence-corrected chi connectivity index (χ3v) is 3.20. The molecule has 0 unspecified atom stereocenters. The Balaban J connectivity index is 2.15. The second-order valence-corrected chi connectivity index (χ2v) is 4.77. The number of phenolic OH excluding ortho intramolecular Hbond substituents is 2. The largest absolute Gasteiger partial charge is 0.504 e. The van der Waals surface area contributed by atoms with Crippen LogP contribution in [0.3, 0.4) is 0 Å². The zero-order chi connectivity index (χ0) is 14.7. The predicted molar refractivity (Wildman–Crippen MR) is 78.6 cm³/mol. The Morgan fingerprint density at radius 1 is 1.10 bits per heavy atom. The minimum Gasteiger partial charge on any atom is -0.504 e. The first kappa shape index (κ1) is 13.9. The Hall–Kier alpha value is -2.49. The molecule has 0 spiro atoms. The highest BCUT2D eigenvalue weighted by molar-refractivity contribution is 5.99. The molecule has 0 saturated carbocycles. The van der Waals surface area contributed by atoms with Crippen LogP contribution in [0.1, 0.15) is 15.9 Å². The van der Waals surface area contributed by atoms with E-state index in [2.05, 4.69) is 0 Å². The Kier molecular flexibility index (Phi) is 3.94. The van der Waals surface area contributed by atoms with Gasteiger partial charge < -0.3 is 15.1 Å². The maximum Gasteiger partial charge on any atom is 0.182 e. The molecule has 0 aliphatic carbocycles. The van der Waals surface area contributed by atoms with Gasteiger partial charge in [-0.1, -0.05) is 18.2 Å². The van der Waals surface area contributed by atoms with E-state index in [-0.39, 0.29) is 23.8 Å². The van der Waals surface area contributed by atoms with Gasteiger partial charge in [0.2, 0.25) is 0 Å². The van der Waals surface area contributed by atoms with Crippen LogP contribution >= 0.6 is 0 Å². The van der Waals surface area contributed by atoms with Crippen LogP contribution in [0.25, 0.3) is 0 Å². The van der Waals surface area contributed by atoms with E-state index in [1.54, 1.807) is 0 Å². The van der Waals surface area contributed by atoms with Crippen LogP contribution in [0, 0.1) is 6.92 Å². The van der Waals surface area contributed by atoms with Gasteiger partial charge in [0, 0.05) is 18.3 Å². The number of phenols is 2. The normalized spacial score (nSPS) is 10.3. The SMILES string of the molecule is Cc1ccccc1N(C)CC(=O)c1ccc(O)c(O)c1. The summed E-state index contributed by atoms with van der Waals surface area (Å²) in [5, 5.41) is 18.7. The number of ketones is 1. The number of rotatable bonds is 4. The van der Waals surface area contributed by atoms with Crippen LogP contribution in [-0.4, -0.2) is 29.6 Å². The molecule has 4 nitrogen and oxygen atoms in total. The number of Topliss-reactive ketones (excluding diaryl/α,β-unsaturated/α-hetero) is 1. The van der Waals surface area contributed by atoms with E-state index in [9.17, 15) is 15.0 Å². The van der Waals surface area contributed by atoms with Gasteiger partial charge >= 0.3 is 0 Å². The van der Waals surface area contributed by atoms with Crippen LogP contribution in [0.2, 0.25) is 0 Å². The maximum absolute atomic E-state index is 12.2. The molecule has 20 heavy (non-hydrogen) atoms. The second kappa shape index (κ2) is 5.65. The Morgan fingerprint density at radius 3 is 2.45 bits per heavy atom.